The molecular weight excluding hydrogens is 303 g/mol. The van der Waals surface area contributed by atoms with Crippen molar-refractivity contribution in [3.8, 4) is 11.1 Å². The molecule has 3 rings (SSSR count). The number of rotatable bonds is 4. The van der Waals surface area contributed by atoms with Gasteiger partial charge in [-0.05, 0) is 24.6 Å². The second kappa shape index (κ2) is 5.81. The SMILES string of the molecule is CC(=O)CCn1cnc2scc(-c3ccc(F)cc3)c2c1=O. The zero-order valence-electron chi connectivity index (χ0n) is 11.9. The van der Waals surface area contributed by atoms with E-state index in [1.807, 2.05) is 5.38 Å². The van der Waals surface area contributed by atoms with Gasteiger partial charge in [0.05, 0.1) is 11.7 Å². The van der Waals surface area contributed by atoms with Crippen LogP contribution in [0.25, 0.3) is 21.3 Å². The Labute approximate surface area is 129 Å². The molecule has 2 heterocycles. The molecule has 0 atom stereocenters. The minimum Gasteiger partial charge on any atom is -0.300 e. The van der Waals surface area contributed by atoms with Crippen molar-refractivity contribution in [2.45, 2.75) is 19.9 Å². The van der Waals surface area contributed by atoms with Crippen LogP contribution in [0.1, 0.15) is 13.3 Å². The average Bonchev–Trinajstić information content (AvgIpc) is 2.92. The third-order valence-corrected chi connectivity index (χ3v) is 4.31. The lowest BCUT2D eigenvalue weighted by Gasteiger charge is -2.05. The van der Waals surface area contributed by atoms with Gasteiger partial charge >= 0.3 is 0 Å². The first kappa shape index (κ1) is 14.6. The van der Waals surface area contributed by atoms with Crippen LogP contribution in [0.3, 0.4) is 0 Å². The molecule has 3 aromatic rings. The molecule has 0 spiro atoms. The summed E-state index contributed by atoms with van der Waals surface area (Å²) in [6.07, 6.45) is 1.77. The topological polar surface area (TPSA) is 52.0 Å². The highest BCUT2D eigenvalue weighted by atomic mass is 32.1. The van der Waals surface area contributed by atoms with E-state index in [1.54, 1.807) is 12.1 Å². The number of aromatic nitrogens is 2. The van der Waals surface area contributed by atoms with Crippen LogP contribution in [0.4, 0.5) is 4.39 Å². The Kier molecular flexibility index (Phi) is 3.85. The van der Waals surface area contributed by atoms with E-state index in [-0.39, 0.29) is 17.2 Å². The van der Waals surface area contributed by atoms with E-state index in [0.717, 1.165) is 11.1 Å². The van der Waals surface area contributed by atoms with Crippen molar-refractivity contribution in [1.82, 2.24) is 9.55 Å². The summed E-state index contributed by atoms with van der Waals surface area (Å²) in [5.74, 6) is -0.295. The van der Waals surface area contributed by atoms with Gasteiger partial charge in [-0.15, -0.1) is 11.3 Å². The van der Waals surface area contributed by atoms with Crippen molar-refractivity contribution in [3.05, 3.63) is 52.1 Å². The molecule has 6 heteroatoms. The van der Waals surface area contributed by atoms with E-state index in [0.29, 0.717) is 23.2 Å². The van der Waals surface area contributed by atoms with Gasteiger partial charge in [-0.2, -0.15) is 0 Å². The molecule has 1 aromatic carbocycles. The van der Waals surface area contributed by atoms with Crippen LogP contribution in [-0.4, -0.2) is 15.3 Å². The molecule has 0 unspecified atom stereocenters. The number of aryl methyl sites for hydroxylation is 1. The lowest BCUT2D eigenvalue weighted by atomic mass is 10.1. The molecule has 0 aliphatic carbocycles. The molecule has 2 aromatic heterocycles. The van der Waals surface area contributed by atoms with Crippen molar-refractivity contribution in [2.75, 3.05) is 0 Å². The van der Waals surface area contributed by atoms with Crippen molar-refractivity contribution in [1.29, 1.82) is 0 Å². The molecule has 0 bridgehead atoms. The van der Waals surface area contributed by atoms with Crippen LogP contribution in [0, 0.1) is 5.82 Å². The fraction of sp³-hybridized carbons (Fsp3) is 0.188. The first-order valence-electron chi connectivity index (χ1n) is 6.78. The minimum atomic E-state index is -0.319. The first-order chi connectivity index (χ1) is 10.6. The standard InChI is InChI=1S/C16H13FN2O2S/c1-10(20)6-7-19-9-18-15-14(16(19)21)13(8-22-15)11-2-4-12(17)5-3-11/h2-5,8-9H,6-7H2,1H3. The zero-order chi connectivity index (χ0) is 15.7. The van der Waals surface area contributed by atoms with Gasteiger partial charge < -0.3 is 0 Å². The highest BCUT2D eigenvalue weighted by Crippen LogP contribution is 2.30. The highest BCUT2D eigenvalue weighted by Gasteiger charge is 2.13. The van der Waals surface area contributed by atoms with Crippen LogP contribution in [0.5, 0.6) is 0 Å². The van der Waals surface area contributed by atoms with Crippen LogP contribution in [0.2, 0.25) is 0 Å². The van der Waals surface area contributed by atoms with E-state index >= 15 is 0 Å². The number of nitrogens with zero attached hydrogens (tertiary/aromatic N) is 2. The maximum Gasteiger partial charge on any atom is 0.262 e. The number of halogens is 1. The fourth-order valence-electron chi connectivity index (χ4n) is 2.25. The largest absolute Gasteiger partial charge is 0.300 e. The molecule has 0 aliphatic heterocycles. The Balaban J connectivity index is 2.12. The van der Waals surface area contributed by atoms with E-state index < -0.39 is 0 Å². The zero-order valence-corrected chi connectivity index (χ0v) is 12.7. The maximum atomic E-state index is 13.1. The van der Waals surface area contributed by atoms with Gasteiger partial charge in [-0.1, -0.05) is 12.1 Å². The van der Waals surface area contributed by atoms with Crippen molar-refractivity contribution >= 4 is 27.3 Å². The Morgan fingerprint density at radius 3 is 2.73 bits per heavy atom. The van der Waals surface area contributed by atoms with E-state index in [9.17, 15) is 14.0 Å². The molecule has 0 saturated carbocycles. The second-order valence-electron chi connectivity index (χ2n) is 5.03. The van der Waals surface area contributed by atoms with E-state index in [1.165, 1.54) is 41.3 Å². The summed E-state index contributed by atoms with van der Waals surface area (Å²) < 4.78 is 14.5. The summed E-state index contributed by atoms with van der Waals surface area (Å²) in [6.45, 7) is 1.81. The van der Waals surface area contributed by atoms with Crippen molar-refractivity contribution in [3.63, 3.8) is 0 Å². The summed E-state index contributed by atoms with van der Waals surface area (Å²) >= 11 is 1.38. The predicted molar refractivity (Wildman–Crippen MR) is 84.6 cm³/mol. The maximum absolute atomic E-state index is 13.1. The summed E-state index contributed by atoms with van der Waals surface area (Å²) in [5, 5.41) is 2.37. The van der Waals surface area contributed by atoms with Gasteiger partial charge in [-0.25, -0.2) is 9.37 Å². The average molecular weight is 316 g/mol. The third-order valence-electron chi connectivity index (χ3n) is 3.42. The lowest BCUT2D eigenvalue weighted by Crippen LogP contribution is -2.21. The van der Waals surface area contributed by atoms with Gasteiger partial charge in [-0.3, -0.25) is 14.2 Å². The van der Waals surface area contributed by atoms with Crippen LogP contribution >= 0.6 is 11.3 Å². The van der Waals surface area contributed by atoms with Gasteiger partial charge in [0.1, 0.15) is 16.4 Å². The Morgan fingerprint density at radius 1 is 1.32 bits per heavy atom. The molecule has 112 valence electrons. The monoisotopic (exact) mass is 316 g/mol. The number of fused-ring (bicyclic) bond motifs is 1. The Bertz CT molecular complexity index is 897. The van der Waals surface area contributed by atoms with Crippen molar-refractivity contribution in [2.24, 2.45) is 0 Å². The predicted octanol–water partition coefficient (Wildman–Crippen LogP) is 3.24. The van der Waals surface area contributed by atoms with Gasteiger partial charge in [0.25, 0.3) is 5.56 Å². The third kappa shape index (κ3) is 2.69. The molecule has 0 N–H and O–H groups in total. The van der Waals surface area contributed by atoms with E-state index in [2.05, 4.69) is 4.98 Å². The Morgan fingerprint density at radius 2 is 2.05 bits per heavy atom. The lowest BCUT2D eigenvalue weighted by molar-refractivity contribution is -0.117. The summed E-state index contributed by atoms with van der Waals surface area (Å²) in [7, 11) is 0. The Hall–Kier alpha value is -2.34. The molecule has 0 aliphatic rings. The van der Waals surface area contributed by atoms with Crippen LogP contribution in [0.15, 0.2) is 40.8 Å². The van der Waals surface area contributed by atoms with Crippen LogP contribution in [-0.2, 0) is 11.3 Å². The number of hydrogen-bond donors (Lipinski definition) is 0. The minimum absolute atomic E-state index is 0.0241. The quantitative estimate of drug-likeness (QED) is 0.742. The molecule has 0 radical (unpaired) electrons. The smallest absolute Gasteiger partial charge is 0.262 e. The number of ketones is 1. The summed E-state index contributed by atoms with van der Waals surface area (Å²) in [6, 6.07) is 6.01. The number of thiophene rings is 1. The number of benzene rings is 1. The number of hydrogen-bond acceptors (Lipinski definition) is 4. The number of Topliss-reactive ketones (excluding diaryl/α,β-unsaturated/α-hetero) is 1. The summed E-state index contributed by atoms with van der Waals surface area (Å²) in [4.78, 5) is 28.6. The molecule has 0 saturated heterocycles. The van der Waals surface area contributed by atoms with E-state index in [4.69, 9.17) is 0 Å². The molecular formula is C16H13FN2O2S. The fourth-order valence-corrected chi connectivity index (χ4v) is 3.15. The molecule has 4 nitrogen and oxygen atoms in total. The van der Waals surface area contributed by atoms with Gasteiger partial charge in [0, 0.05) is 23.9 Å². The van der Waals surface area contributed by atoms with Crippen molar-refractivity contribution < 1.29 is 9.18 Å². The normalized spacial score (nSPS) is 11.0. The second-order valence-corrected chi connectivity index (χ2v) is 5.89. The highest BCUT2D eigenvalue weighted by molar-refractivity contribution is 7.17. The van der Waals surface area contributed by atoms with Gasteiger partial charge in [0.2, 0.25) is 0 Å². The number of carbonyl (C=O) groups is 1. The number of carbonyl (C=O) groups excluding carboxylic acids is 1. The van der Waals surface area contributed by atoms with Gasteiger partial charge in [0.15, 0.2) is 0 Å². The van der Waals surface area contributed by atoms with Crippen LogP contribution < -0.4 is 5.56 Å². The summed E-state index contributed by atoms with van der Waals surface area (Å²) in [5.41, 5.74) is 1.34. The molecule has 0 fully saturated rings. The molecule has 22 heavy (non-hydrogen) atoms. The molecule has 0 amide bonds. The first-order valence-corrected chi connectivity index (χ1v) is 7.66.